The van der Waals surface area contributed by atoms with Crippen LogP contribution in [0, 0.1) is 0 Å². The molecule has 0 aliphatic heterocycles. The Kier molecular flexibility index (Phi) is 7.29. The number of carbonyl (C=O) groups excluding carboxylic acids is 2. The van der Waals surface area contributed by atoms with E-state index in [4.69, 9.17) is 4.55 Å². The predicted octanol–water partition coefficient (Wildman–Crippen LogP) is -0.410. The van der Waals surface area contributed by atoms with Crippen molar-refractivity contribution in [1.29, 1.82) is 0 Å². The third-order valence-electron chi connectivity index (χ3n) is 2.05. The number of benzene rings is 1. The number of rotatable bonds is 3. The molecule has 19 heavy (non-hydrogen) atoms. The summed E-state index contributed by atoms with van der Waals surface area (Å²) in [6.07, 6.45) is 0. The maximum atomic E-state index is 11.3. The van der Waals surface area contributed by atoms with Crippen molar-refractivity contribution < 1.29 is 32.0 Å². The minimum absolute atomic E-state index is 0. The molecular weight excluding hydrogens is 401 g/mol. The fourth-order valence-electron chi connectivity index (χ4n) is 1.22. The summed E-state index contributed by atoms with van der Waals surface area (Å²) in [4.78, 5) is 22.0. The summed E-state index contributed by atoms with van der Waals surface area (Å²) in [5.74, 6) is -1.68. The van der Waals surface area contributed by atoms with Crippen LogP contribution in [0.3, 0.4) is 0 Å². The van der Waals surface area contributed by atoms with E-state index in [-0.39, 0.29) is 60.0 Å². The first-order valence-corrected chi connectivity index (χ1v) is 6.03. The SMILES string of the molecule is COC(=O)c1cc(C(=O)OC)cc(S(=O)(=O)O)c1.[BaH2]. The summed E-state index contributed by atoms with van der Waals surface area (Å²) in [7, 11) is -2.35. The molecule has 0 aromatic heterocycles. The molecule has 1 N–H and O–H groups in total. The Morgan fingerprint density at radius 2 is 1.37 bits per heavy atom. The van der Waals surface area contributed by atoms with E-state index >= 15 is 0 Å². The van der Waals surface area contributed by atoms with Gasteiger partial charge in [-0.05, 0) is 18.2 Å². The quantitative estimate of drug-likeness (QED) is 0.408. The van der Waals surface area contributed by atoms with Crippen molar-refractivity contribution in [3.63, 3.8) is 0 Å². The molecular formula is C10H12BaO7S. The first-order chi connectivity index (χ1) is 8.29. The van der Waals surface area contributed by atoms with Gasteiger partial charge in [0.2, 0.25) is 0 Å². The van der Waals surface area contributed by atoms with E-state index in [1.54, 1.807) is 0 Å². The van der Waals surface area contributed by atoms with Gasteiger partial charge in [0.25, 0.3) is 10.1 Å². The van der Waals surface area contributed by atoms with Gasteiger partial charge in [-0.2, -0.15) is 8.42 Å². The van der Waals surface area contributed by atoms with Crippen LogP contribution in [-0.4, -0.2) is 88.0 Å². The van der Waals surface area contributed by atoms with Gasteiger partial charge in [-0.15, -0.1) is 0 Å². The van der Waals surface area contributed by atoms with Crippen LogP contribution in [0.5, 0.6) is 0 Å². The second-order valence-electron chi connectivity index (χ2n) is 3.20. The third-order valence-corrected chi connectivity index (χ3v) is 2.88. The standard InChI is InChI=1S/C10H10O7S.Ba.2H/c1-16-9(11)6-3-7(10(12)17-2)5-8(4-6)18(13,14)15;;;/h3-5H,1-2H3,(H,13,14,15);;;. The number of hydrogen-bond donors (Lipinski definition) is 1. The second kappa shape index (κ2) is 7.43. The topological polar surface area (TPSA) is 107 Å². The van der Waals surface area contributed by atoms with Crippen molar-refractivity contribution in [2.75, 3.05) is 14.2 Å². The van der Waals surface area contributed by atoms with Gasteiger partial charge in [0.05, 0.1) is 30.2 Å². The normalized spacial score (nSPS) is 10.3. The van der Waals surface area contributed by atoms with Crippen LogP contribution in [0.15, 0.2) is 23.1 Å². The molecule has 0 saturated heterocycles. The van der Waals surface area contributed by atoms with Crippen LogP contribution < -0.4 is 0 Å². The average molecular weight is 414 g/mol. The van der Waals surface area contributed by atoms with Gasteiger partial charge < -0.3 is 9.47 Å². The molecule has 0 spiro atoms. The third kappa shape index (κ3) is 4.91. The van der Waals surface area contributed by atoms with Gasteiger partial charge >= 0.3 is 60.8 Å². The van der Waals surface area contributed by atoms with Gasteiger partial charge in [-0.1, -0.05) is 0 Å². The summed E-state index contributed by atoms with van der Waals surface area (Å²) in [5.41, 5.74) is -0.374. The summed E-state index contributed by atoms with van der Waals surface area (Å²) in [5, 5.41) is 0. The van der Waals surface area contributed by atoms with Gasteiger partial charge in [0.1, 0.15) is 0 Å². The summed E-state index contributed by atoms with van der Waals surface area (Å²) >= 11 is 0. The van der Waals surface area contributed by atoms with Crippen LogP contribution in [0.2, 0.25) is 0 Å². The van der Waals surface area contributed by atoms with E-state index in [1.807, 2.05) is 0 Å². The molecule has 0 heterocycles. The molecule has 0 aliphatic carbocycles. The first-order valence-electron chi connectivity index (χ1n) is 4.59. The van der Waals surface area contributed by atoms with E-state index in [1.165, 1.54) is 0 Å². The Morgan fingerprint density at radius 1 is 1.00 bits per heavy atom. The number of methoxy groups -OCH3 is 2. The fourth-order valence-corrected chi connectivity index (χ4v) is 1.77. The van der Waals surface area contributed by atoms with Crippen molar-refractivity contribution in [2.45, 2.75) is 4.90 Å². The molecule has 0 aliphatic rings. The minimum atomic E-state index is -4.55. The fraction of sp³-hybridized carbons (Fsp3) is 0.200. The van der Waals surface area contributed by atoms with Gasteiger partial charge in [0, 0.05) is 0 Å². The number of esters is 2. The molecule has 0 atom stereocenters. The number of ether oxygens (including phenoxy) is 2. The molecule has 1 rings (SSSR count). The van der Waals surface area contributed by atoms with Gasteiger partial charge in [0.15, 0.2) is 0 Å². The Labute approximate surface area is 150 Å². The molecule has 0 fully saturated rings. The van der Waals surface area contributed by atoms with Crippen molar-refractivity contribution in [3.8, 4) is 0 Å². The predicted molar refractivity (Wildman–Crippen MR) is 67.5 cm³/mol. The molecule has 0 saturated carbocycles. The van der Waals surface area contributed by atoms with E-state index < -0.39 is 27.0 Å². The van der Waals surface area contributed by atoms with Crippen molar-refractivity contribution in [3.05, 3.63) is 29.3 Å². The molecule has 0 radical (unpaired) electrons. The van der Waals surface area contributed by atoms with Crippen LogP contribution in [-0.2, 0) is 19.6 Å². The summed E-state index contributed by atoms with van der Waals surface area (Å²) in [6.45, 7) is 0. The molecule has 0 amide bonds. The zero-order valence-corrected chi connectivity index (χ0v) is 10.4. The summed E-state index contributed by atoms with van der Waals surface area (Å²) in [6, 6.07) is 2.90. The van der Waals surface area contributed by atoms with Crippen LogP contribution in [0.1, 0.15) is 20.7 Å². The molecule has 9 heteroatoms. The first kappa shape index (κ1) is 18.6. The second-order valence-corrected chi connectivity index (χ2v) is 4.63. The monoisotopic (exact) mass is 414 g/mol. The van der Waals surface area contributed by atoms with Crippen LogP contribution in [0.4, 0.5) is 0 Å². The van der Waals surface area contributed by atoms with Crippen molar-refractivity contribution in [1.82, 2.24) is 0 Å². The van der Waals surface area contributed by atoms with Gasteiger partial charge in [-0.3, -0.25) is 4.55 Å². The van der Waals surface area contributed by atoms with Crippen LogP contribution >= 0.6 is 0 Å². The van der Waals surface area contributed by atoms with E-state index in [0.29, 0.717) is 0 Å². The number of carbonyl (C=O) groups is 2. The van der Waals surface area contributed by atoms with E-state index in [2.05, 4.69) is 9.47 Å². The maximum absolute atomic E-state index is 11.3. The van der Waals surface area contributed by atoms with Crippen molar-refractivity contribution in [2.24, 2.45) is 0 Å². The number of hydrogen-bond acceptors (Lipinski definition) is 6. The molecule has 0 bridgehead atoms. The molecule has 1 aromatic rings. The molecule has 102 valence electrons. The Balaban J connectivity index is 0.00000324. The average Bonchev–Trinajstić information content (AvgIpc) is 2.35. The zero-order valence-electron chi connectivity index (χ0n) is 9.54. The van der Waals surface area contributed by atoms with E-state index in [0.717, 1.165) is 32.4 Å². The zero-order chi connectivity index (χ0) is 13.9. The molecule has 7 nitrogen and oxygen atoms in total. The molecule has 0 unspecified atom stereocenters. The van der Waals surface area contributed by atoms with E-state index in [9.17, 15) is 18.0 Å². The Bertz CT molecular complexity index is 560. The Morgan fingerprint density at radius 3 is 1.63 bits per heavy atom. The van der Waals surface area contributed by atoms with Crippen LogP contribution in [0.25, 0.3) is 0 Å². The Hall–Kier alpha value is -0.359. The van der Waals surface area contributed by atoms with Crippen molar-refractivity contribution >= 4 is 70.9 Å². The molecule has 1 aromatic carbocycles. The summed E-state index contributed by atoms with van der Waals surface area (Å²) < 4.78 is 39.7. The van der Waals surface area contributed by atoms with Gasteiger partial charge in [-0.25, -0.2) is 9.59 Å².